The minimum atomic E-state index is -0.465. The number of rotatable bonds is 4. The lowest BCUT2D eigenvalue weighted by molar-refractivity contribution is -0.143. The predicted octanol–water partition coefficient (Wildman–Crippen LogP) is 1.07. The smallest absolute Gasteiger partial charge is 0.289 e. The average molecular weight is 237 g/mol. The minimum Gasteiger partial charge on any atom is -0.335 e. The fraction of sp³-hybridized carbons (Fsp3) is 0.583. The van der Waals surface area contributed by atoms with Crippen LogP contribution in [0, 0.1) is 13.8 Å². The maximum absolute atomic E-state index is 11.5. The van der Waals surface area contributed by atoms with E-state index in [2.05, 4.69) is 5.10 Å². The first-order valence-electron chi connectivity index (χ1n) is 5.67. The van der Waals surface area contributed by atoms with Crippen LogP contribution in [0.2, 0.25) is 0 Å². The number of hydrogen-bond acceptors (Lipinski definition) is 3. The Morgan fingerprint density at radius 3 is 2.35 bits per heavy atom. The number of hydrogen-bond donors (Lipinski definition) is 0. The summed E-state index contributed by atoms with van der Waals surface area (Å²) in [7, 11) is 1.63. The minimum absolute atomic E-state index is 0.427. The van der Waals surface area contributed by atoms with Crippen molar-refractivity contribution in [1.82, 2.24) is 14.7 Å². The van der Waals surface area contributed by atoms with Crippen LogP contribution in [0.4, 0.5) is 0 Å². The molecule has 1 rings (SSSR count). The molecule has 1 amide bonds. The largest absolute Gasteiger partial charge is 0.335 e. The van der Waals surface area contributed by atoms with Gasteiger partial charge in [-0.3, -0.25) is 14.3 Å². The summed E-state index contributed by atoms with van der Waals surface area (Å²) >= 11 is 0. The van der Waals surface area contributed by atoms with Crippen LogP contribution in [0.25, 0.3) is 0 Å². The van der Waals surface area contributed by atoms with E-state index in [9.17, 15) is 9.59 Å². The molecule has 0 aliphatic carbocycles. The number of amides is 1. The van der Waals surface area contributed by atoms with Crippen molar-refractivity contribution in [3.8, 4) is 0 Å². The first-order chi connectivity index (χ1) is 7.88. The highest BCUT2D eigenvalue weighted by Crippen LogP contribution is 2.15. The summed E-state index contributed by atoms with van der Waals surface area (Å²) in [5.74, 6) is -0.904. The van der Waals surface area contributed by atoms with E-state index in [0.29, 0.717) is 6.54 Å². The van der Waals surface area contributed by atoms with Crippen LogP contribution >= 0.6 is 0 Å². The summed E-state index contributed by atoms with van der Waals surface area (Å²) in [4.78, 5) is 23.9. The number of Topliss-reactive ketones (excluding diaryl/α,β-unsaturated/α-hetero) is 1. The summed E-state index contributed by atoms with van der Waals surface area (Å²) in [6.07, 6.45) is 0. The molecule has 0 saturated carbocycles. The lowest BCUT2D eigenvalue weighted by atomic mass is 10.2. The normalized spacial score (nSPS) is 10.4. The lowest BCUT2D eigenvalue weighted by Crippen LogP contribution is -2.31. The van der Waals surface area contributed by atoms with Crippen LogP contribution in [0.1, 0.15) is 30.8 Å². The number of nitrogens with zero attached hydrogens (tertiary/aromatic N) is 3. The third-order valence-electron chi connectivity index (χ3n) is 2.87. The Morgan fingerprint density at radius 1 is 1.35 bits per heavy atom. The average Bonchev–Trinajstić information content (AvgIpc) is 2.55. The summed E-state index contributed by atoms with van der Waals surface area (Å²) in [6.45, 7) is 8.43. The van der Waals surface area contributed by atoms with Gasteiger partial charge in [-0.1, -0.05) is 0 Å². The monoisotopic (exact) mass is 237 g/mol. The standard InChI is InChI=1S/C12H19N3O2/c1-6-15-9(3)11(8(2)13-15)7-14(5)12(17)10(4)16/h6-7H2,1-5H3. The molecule has 0 aliphatic rings. The molecule has 1 heterocycles. The van der Waals surface area contributed by atoms with Gasteiger partial charge in [-0.2, -0.15) is 5.10 Å². The molecule has 1 aromatic rings. The molecule has 1 aromatic heterocycles. The van der Waals surface area contributed by atoms with Gasteiger partial charge in [0.25, 0.3) is 5.91 Å². The molecular formula is C12H19N3O2. The van der Waals surface area contributed by atoms with E-state index in [1.807, 2.05) is 25.5 Å². The van der Waals surface area contributed by atoms with Crippen molar-refractivity contribution in [2.45, 2.75) is 40.8 Å². The quantitative estimate of drug-likeness (QED) is 0.736. The number of carbonyl (C=O) groups excluding carboxylic acids is 2. The molecule has 0 bridgehead atoms. The highest BCUT2D eigenvalue weighted by molar-refractivity contribution is 6.34. The van der Waals surface area contributed by atoms with Gasteiger partial charge in [0.2, 0.25) is 5.78 Å². The van der Waals surface area contributed by atoms with E-state index in [4.69, 9.17) is 0 Å². The molecule has 5 heteroatoms. The van der Waals surface area contributed by atoms with E-state index >= 15 is 0 Å². The van der Waals surface area contributed by atoms with Gasteiger partial charge in [0.15, 0.2) is 0 Å². The SMILES string of the molecule is CCn1nc(C)c(CN(C)C(=O)C(C)=O)c1C. The molecule has 5 nitrogen and oxygen atoms in total. The Bertz CT molecular complexity index is 449. The molecule has 0 unspecified atom stereocenters. The third-order valence-corrected chi connectivity index (χ3v) is 2.87. The number of aromatic nitrogens is 2. The van der Waals surface area contributed by atoms with E-state index in [0.717, 1.165) is 23.5 Å². The van der Waals surface area contributed by atoms with Crippen molar-refractivity contribution in [3.05, 3.63) is 17.0 Å². The summed E-state index contributed by atoms with van der Waals surface area (Å²) < 4.78 is 1.90. The van der Waals surface area contributed by atoms with Crippen LogP contribution in [0.5, 0.6) is 0 Å². The number of carbonyl (C=O) groups is 2. The van der Waals surface area contributed by atoms with Gasteiger partial charge in [-0.25, -0.2) is 0 Å². The maximum Gasteiger partial charge on any atom is 0.289 e. The Labute approximate surface area is 101 Å². The molecule has 0 radical (unpaired) electrons. The fourth-order valence-electron chi connectivity index (χ4n) is 1.85. The second-order valence-electron chi connectivity index (χ2n) is 4.18. The Kier molecular flexibility index (Phi) is 4.04. The second kappa shape index (κ2) is 5.12. The van der Waals surface area contributed by atoms with Crippen molar-refractivity contribution >= 4 is 11.7 Å². The zero-order chi connectivity index (χ0) is 13.2. The predicted molar refractivity (Wildman–Crippen MR) is 64.5 cm³/mol. The highest BCUT2D eigenvalue weighted by atomic mass is 16.2. The number of likely N-dealkylation sites (N-methyl/N-ethyl adjacent to an activating group) is 1. The zero-order valence-corrected chi connectivity index (χ0v) is 11.1. The molecule has 0 aromatic carbocycles. The summed E-state index contributed by atoms with van der Waals surface area (Å²) in [6, 6.07) is 0. The van der Waals surface area contributed by atoms with Gasteiger partial charge >= 0.3 is 0 Å². The number of aryl methyl sites for hydroxylation is 2. The summed E-state index contributed by atoms with van der Waals surface area (Å²) in [5.41, 5.74) is 2.98. The Morgan fingerprint density at radius 2 is 1.94 bits per heavy atom. The van der Waals surface area contributed by atoms with Gasteiger partial charge in [0.1, 0.15) is 0 Å². The maximum atomic E-state index is 11.5. The molecule has 94 valence electrons. The molecule has 0 spiro atoms. The van der Waals surface area contributed by atoms with Crippen LogP contribution in [0.15, 0.2) is 0 Å². The fourth-order valence-corrected chi connectivity index (χ4v) is 1.85. The van der Waals surface area contributed by atoms with E-state index < -0.39 is 11.7 Å². The summed E-state index contributed by atoms with van der Waals surface area (Å²) in [5, 5.41) is 4.38. The van der Waals surface area contributed by atoms with Crippen molar-refractivity contribution in [2.24, 2.45) is 0 Å². The topological polar surface area (TPSA) is 55.2 Å². The van der Waals surface area contributed by atoms with Crippen LogP contribution in [0.3, 0.4) is 0 Å². The van der Waals surface area contributed by atoms with Gasteiger partial charge in [0, 0.05) is 38.3 Å². The van der Waals surface area contributed by atoms with Crippen molar-refractivity contribution < 1.29 is 9.59 Å². The van der Waals surface area contributed by atoms with E-state index in [1.54, 1.807) is 7.05 Å². The van der Waals surface area contributed by atoms with Crippen molar-refractivity contribution in [1.29, 1.82) is 0 Å². The van der Waals surface area contributed by atoms with E-state index in [-0.39, 0.29) is 0 Å². The van der Waals surface area contributed by atoms with Crippen molar-refractivity contribution in [2.75, 3.05) is 7.05 Å². The van der Waals surface area contributed by atoms with Crippen LogP contribution in [-0.4, -0.2) is 33.4 Å². The van der Waals surface area contributed by atoms with Crippen molar-refractivity contribution in [3.63, 3.8) is 0 Å². The second-order valence-corrected chi connectivity index (χ2v) is 4.18. The number of ketones is 1. The van der Waals surface area contributed by atoms with Gasteiger partial charge < -0.3 is 4.90 Å². The molecule has 0 N–H and O–H groups in total. The molecule has 17 heavy (non-hydrogen) atoms. The lowest BCUT2D eigenvalue weighted by Gasteiger charge is -2.15. The first-order valence-corrected chi connectivity index (χ1v) is 5.67. The van der Waals surface area contributed by atoms with Gasteiger partial charge in [-0.05, 0) is 20.8 Å². The Hall–Kier alpha value is -1.65. The van der Waals surface area contributed by atoms with Gasteiger partial charge in [-0.15, -0.1) is 0 Å². The van der Waals surface area contributed by atoms with Crippen LogP contribution in [-0.2, 0) is 22.7 Å². The molecule has 0 aliphatic heterocycles. The Balaban J connectivity index is 2.92. The first kappa shape index (κ1) is 13.4. The molecular weight excluding hydrogens is 218 g/mol. The van der Waals surface area contributed by atoms with Crippen LogP contribution < -0.4 is 0 Å². The highest BCUT2D eigenvalue weighted by Gasteiger charge is 2.18. The van der Waals surface area contributed by atoms with E-state index in [1.165, 1.54) is 11.8 Å². The molecule has 0 saturated heterocycles. The molecule has 0 atom stereocenters. The van der Waals surface area contributed by atoms with Gasteiger partial charge in [0.05, 0.1) is 5.69 Å². The molecule has 0 fully saturated rings. The zero-order valence-electron chi connectivity index (χ0n) is 11.1. The third kappa shape index (κ3) is 2.72.